The molecule has 5 aliphatic heterocycles. The number of nitrogen functional groups attached to an aromatic ring is 1. The molecule has 9 rings (SSSR count). The van der Waals surface area contributed by atoms with E-state index in [0.717, 1.165) is 31.7 Å². The molecule has 1 aliphatic carbocycles. The zero-order valence-electron chi connectivity index (χ0n) is 23.6. The van der Waals surface area contributed by atoms with Crippen molar-refractivity contribution in [3.05, 3.63) is 29.1 Å². The third-order valence-electron chi connectivity index (χ3n) is 9.81. The van der Waals surface area contributed by atoms with Crippen LogP contribution in [-0.4, -0.2) is 65.5 Å². The Morgan fingerprint density at radius 1 is 1.16 bits per heavy atom. The Balaban J connectivity index is 1.34. The van der Waals surface area contributed by atoms with Gasteiger partial charge in [0.15, 0.2) is 5.82 Å². The highest BCUT2D eigenvalue weighted by molar-refractivity contribution is 5.97. The van der Waals surface area contributed by atoms with E-state index < -0.39 is 28.8 Å². The summed E-state index contributed by atoms with van der Waals surface area (Å²) in [6.07, 6.45) is -0.0756. The average Bonchev–Trinajstić information content (AvgIpc) is 3.66. The molecule has 2 aromatic heterocycles. The van der Waals surface area contributed by atoms with Gasteiger partial charge in [-0.15, -0.1) is 0 Å². The van der Waals surface area contributed by atoms with Crippen LogP contribution in [0.5, 0.6) is 11.9 Å². The van der Waals surface area contributed by atoms with E-state index in [-0.39, 0.29) is 76.7 Å². The van der Waals surface area contributed by atoms with Crippen LogP contribution in [0.15, 0.2) is 12.1 Å². The predicted molar refractivity (Wildman–Crippen MR) is 150 cm³/mol. The summed E-state index contributed by atoms with van der Waals surface area (Å²) < 4.78 is 78.1. The Kier molecular flexibility index (Phi) is 6.01. The number of nitrogens with two attached hydrogens (primary N) is 1. The number of benzene rings is 1. The predicted octanol–water partition coefficient (Wildman–Crippen LogP) is 4.64. The highest BCUT2D eigenvalue weighted by atomic mass is 19.4. The Bertz CT molecular complexity index is 1620. The number of aromatic nitrogens is 3. The normalized spacial score (nSPS) is 29.1. The summed E-state index contributed by atoms with van der Waals surface area (Å²) >= 11 is 0. The molecule has 3 atom stereocenters. The van der Waals surface area contributed by atoms with Gasteiger partial charge in [-0.1, -0.05) is 6.92 Å². The number of anilines is 2. The van der Waals surface area contributed by atoms with Crippen LogP contribution in [-0.2, 0) is 17.3 Å². The molecular formula is C30H32F4N6O3. The van der Waals surface area contributed by atoms with Gasteiger partial charge < -0.3 is 30.2 Å². The number of nitrogens with one attached hydrogen (secondary N) is 1. The lowest BCUT2D eigenvalue weighted by Crippen LogP contribution is -2.59. The third kappa shape index (κ3) is 4.29. The van der Waals surface area contributed by atoms with E-state index >= 15 is 4.39 Å². The number of fused-ring (bicyclic) bond motifs is 6. The smallest absolute Gasteiger partial charge is 0.417 e. The summed E-state index contributed by atoms with van der Waals surface area (Å²) in [5.41, 5.74) is 3.80. The number of pyridine rings is 1. The summed E-state index contributed by atoms with van der Waals surface area (Å²) in [7, 11) is 0. The second-order valence-corrected chi connectivity index (χ2v) is 12.6. The van der Waals surface area contributed by atoms with Crippen LogP contribution in [0.4, 0.5) is 29.1 Å². The van der Waals surface area contributed by atoms with Crippen molar-refractivity contribution in [3.63, 3.8) is 0 Å². The maximum atomic E-state index is 16.7. The largest absolute Gasteiger partial charge is 0.477 e. The minimum Gasteiger partial charge on any atom is -0.477 e. The molecule has 0 radical (unpaired) electrons. The lowest BCUT2D eigenvalue weighted by molar-refractivity contribution is -0.137. The monoisotopic (exact) mass is 600 g/mol. The molecule has 0 amide bonds. The number of alkyl halides is 3. The van der Waals surface area contributed by atoms with Crippen molar-refractivity contribution >= 4 is 22.4 Å². The third-order valence-corrected chi connectivity index (χ3v) is 9.81. The summed E-state index contributed by atoms with van der Waals surface area (Å²) in [6, 6.07) is 2.84. The van der Waals surface area contributed by atoms with Crippen molar-refractivity contribution in [2.45, 2.75) is 75.9 Å². The summed E-state index contributed by atoms with van der Waals surface area (Å²) in [4.78, 5) is 15.8. The molecule has 0 spiro atoms. The Morgan fingerprint density at radius 2 is 2.00 bits per heavy atom. The Morgan fingerprint density at radius 3 is 2.74 bits per heavy atom. The first-order valence-corrected chi connectivity index (χ1v) is 14.9. The summed E-state index contributed by atoms with van der Waals surface area (Å²) in [5.74, 6) is -0.577. The number of nitrogens with zero attached hydrogens (tertiary/aromatic N) is 4. The van der Waals surface area contributed by atoms with Gasteiger partial charge in [-0.2, -0.15) is 23.1 Å². The van der Waals surface area contributed by atoms with E-state index in [1.165, 1.54) is 6.07 Å². The first kappa shape index (κ1) is 27.1. The summed E-state index contributed by atoms with van der Waals surface area (Å²) in [5, 5.41) is 3.90. The maximum absolute atomic E-state index is 16.7. The Hall–Kier alpha value is -3.45. The van der Waals surface area contributed by atoms with Crippen molar-refractivity contribution in [1.29, 1.82) is 0 Å². The zero-order chi connectivity index (χ0) is 29.7. The van der Waals surface area contributed by atoms with Crippen LogP contribution < -0.4 is 25.4 Å². The minimum absolute atomic E-state index is 0.00417. The molecule has 9 nitrogen and oxygen atoms in total. The minimum atomic E-state index is -4.77. The lowest BCUT2D eigenvalue weighted by Gasteiger charge is -2.43. The molecule has 3 N–H and O–H groups in total. The van der Waals surface area contributed by atoms with E-state index in [0.29, 0.717) is 32.0 Å². The molecule has 1 aromatic carbocycles. The van der Waals surface area contributed by atoms with Crippen LogP contribution in [0.25, 0.3) is 22.2 Å². The molecule has 4 bridgehead atoms. The maximum Gasteiger partial charge on any atom is 0.417 e. The van der Waals surface area contributed by atoms with Crippen LogP contribution >= 0.6 is 0 Å². The van der Waals surface area contributed by atoms with Crippen LogP contribution in [0, 0.1) is 11.2 Å². The molecule has 6 aliphatic rings. The quantitative estimate of drug-likeness (QED) is 0.320. The van der Waals surface area contributed by atoms with E-state index in [4.69, 9.17) is 24.9 Å². The molecular weight excluding hydrogens is 568 g/mol. The molecule has 4 saturated heterocycles. The highest BCUT2D eigenvalue weighted by Crippen LogP contribution is 2.50. The van der Waals surface area contributed by atoms with Gasteiger partial charge in [0, 0.05) is 47.8 Å². The van der Waals surface area contributed by atoms with Crippen LogP contribution in [0.2, 0.25) is 0 Å². The number of rotatable bonds is 5. The first-order chi connectivity index (χ1) is 20.6. The number of piperazine rings is 1. The van der Waals surface area contributed by atoms with Gasteiger partial charge in [0.25, 0.3) is 0 Å². The van der Waals surface area contributed by atoms with E-state index in [9.17, 15) is 13.2 Å². The zero-order valence-corrected chi connectivity index (χ0v) is 23.6. The SMILES string of the molecule is CCc1cc(N)cc(-c2nc3c4c(nc(OCC56COC(C5)C6)nc4c2F)N2C[C@H]4CC[C@H](N4)[C@H]2CCO3)c1C(F)(F)F. The number of hydrogen-bond acceptors (Lipinski definition) is 9. The van der Waals surface area contributed by atoms with Crippen molar-refractivity contribution in [2.24, 2.45) is 5.41 Å². The van der Waals surface area contributed by atoms with Gasteiger partial charge in [-0.05, 0) is 49.8 Å². The molecule has 5 fully saturated rings. The number of halogens is 4. The average molecular weight is 601 g/mol. The highest BCUT2D eigenvalue weighted by Gasteiger charge is 2.52. The fourth-order valence-electron chi connectivity index (χ4n) is 7.76. The van der Waals surface area contributed by atoms with Gasteiger partial charge in [0.05, 0.1) is 31.5 Å². The van der Waals surface area contributed by atoms with Crippen molar-refractivity contribution < 1.29 is 31.8 Å². The van der Waals surface area contributed by atoms with Crippen molar-refractivity contribution in [2.75, 3.05) is 37.0 Å². The second-order valence-electron chi connectivity index (χ2n) is 12.6. The van der Waals surface area contributed by atoms with Crippen molar-refractivity contribution in [1.82, 2.24) is 20.3 Å². The fourth-order valence-corrected chi connectivity index (χ4v) is 7.76. The fraction of sp³-hybridized carbons (Fsp3) is 0.567. The first-order valence-electron chi connectivity index (χ1n) is 14.9. The van der Waals surface area contributed by atoms with Gasteiger partial charge in [-0.3, -0.25) is 0 Å². The Labute approximate surface area is 245 Å². The van der Waals surface area contributed by atoms with Crippen LogP contribution in [0.1, 0.15) is 50.2 Å². The molecule has 3 aromatic rings. The number of ether oxygens (including phenoxy) is 3. The molecule has 228 valence electrons. The van der Waals surface area contributed by atoms with Crippen molar-refractivity contribution in [3.8, 4) is 23.1 Å². The van der Waals surface area contributed by atoms with Gasteiger partial charge in [0.1, 0.15) is 22.4 Å². The molecule has 0 unspecified atom stereocenters. The molecule has 13 heteroatoms. The van der Waals surface area contributed by atoms with Gasteiger partial charge in [-0.25, -0.2) is 9.37 Å². The molecule has 7 heterocycles. The van der Waals surface area contributed by atoms with E-state index in [2.05, 4.69) is 20.2 Å². The summed E-state index contributed by atoms with van der Waals surface area (Å²) in [6.45, 7) is 3.38. The van der Waals surface area contributed by atoms with E-state index in [1.807, 2.05) is 0 Å². The number of hydrogen-bond donors (Lipinski definition) is 2. The van der Waals surface area contributed by atoms with Gasteiger partial charge >= 0.3 is 12.2 Å². The van der Waals surface area contributed by atoms with E-state index in [1.54, 1.807) is 6.92 Å². The molecule has 1 saturated carbocycles. The van der Waals surface area contributed by atoms with Gasteiger partial charge in [0.2, 0.25) is 5.88 Å². The molecule has 43 heavy (non-hydrogen) atoms. The standard InChI is InChI=1S/C30H32F4N6O3/c1-2-14-7-15(35)8-18(22(14)30(32,33)34)24-23(31)25-21-26(39-28(38-25)43-13-29-9-17(10-29)42-12-29)40-11-16-3-4-19(36-16)20(40)5-6-41-27(21)37-24/h7-8,16-17,19-20,36H,2-6,9-13,35H2,1H3/t16-,17?,19+,20-,29?/m1/s1. The topological polar surface area (TPSA) is 108 Å². The lowest BCUT2D eigenvalue weighted by atomic mass is 9.71. The van der Waals surface area contributed by atoms with Crippen LogP contribution in [0.3, 0.4) is 0 Å². The number of aryl methyl sites for hydroxylation is 1. The second kappa shape index (κ2) is 9.52.